The maximum Gasteiger partial charge on any atom is 0.374 e. The summed E-state index contributed by atoms with van der Waals surface area (Å²) in [7, 11) is 1.26. The second-order valence-corrected chi connectivity index (χ2v) is 33.8. The molecule has 3 heterocycles. The monoisotopic (exact) mass is 1970 g/mol. The number of methoxy groups -OCH3 is 1. The molecule has 0 aromatic heterocycles. The lowest BCUT2D eigenvalue weighted by atomic mass is 9.83. The Labute approximate surface area is 815 Å². The highest BCUT2D eigenvalue weighted by Crippen LogP contribution is 2.49. The highest BCUT2D eigenvalue weighted by Gasteiger charge is 2.46. The molecule has 2 aromatic rings. The summed E-state index contributed by atoms with van der Waals surface area (Å²) in [5.74, 6) is -0.563. The normalized spacial score (nSPS) is 14.5. The molecule has 5 rings (SSSR count). The van der Waals surface area contributed by atoms with Crippen molar-refractivity contribution in [2.75, 3.05) is 376 Å². The number of nitrogens with zero attached hydrogens (tertiary/aromatic N) is 4. The van der Waals surface area contributed by atoms with Crippen molar-refractivity contribution >= 4 is 56.7 Å². The summed E-state index contributed by atoms with van der Waals surface area (Å²) in [6.07, 6.45) is 18.8. The van der Waals surface area contributed by atoms with Crippen molar-refractivity contribution in [3.8, 4) is 0 Å². The number of rotatable bonds is 93. The first-order valence-corrected chi connectivity index (χ1v) is 50.4. The van der Waals surface area contributed by atoms with Gasteiger partial charge in [-0.05, 0) is 94.9 Å². The van der Waals surface area contributed by atoms with Crippen LogP contribution in [0, 0.1) is 6.92 Å². The fourth-order valence-corrected chi connectivity index (χ4v) is 14.3. The summed E-state index contributed by atoms with van der Waals surface area (Å²) in [6, 6.07) is 11.0. The molecule has 38 nitrogen and oxygen atoms in total. The van der Waals surface area contributed by atoms with Crippen LogP contribution in [-0.2, 0) is 153 Å². The molecule has 0 saturated carbocycles. The number of likely N-dealkylation sites (N-methyl/N-ethyl adjacent to an activating group) is 1. The van der Waals surface area contributed by atoms with Gasteiger partial charge >= 0.3 is 11.8 Å². The lowest BCUT2D eigenvalue weighted by molar-refractivity contribution is -0.894. The topological polar surface area (TPSA) is 382 Å². The van der Waals surface area contributed by atoms with E-state index in [0.29, 0.717) is 359 Å². The van der Waals surface area contributed by atoms with E-state index in [0.717, 1.165) is 59.7 Å². The van der Waals surface area contributed by atoms with Crippen molar-refractivity contribution in [3.63, 3.8) is 0 Å². The Morgan fingerprint density at radius 1 is 0.445 bits per heavy atom. The van der Waals surface area contributed by atoms with Crippen molar-refractivity contribution in [2.24, 2.45) is 0 Å². The number of imide groups is 1. The quantitative estimate of drug-likeness (QED) is 0.0174. The Hall–Kier alpha value is -6.18. The van der Waals surface area contributed by atoms with Gasteiger partial charge in [-0.2, -0.15) is 0 Å². The molecule has 0 unspecified atom stereocenters. The zero-order chi connectivity index (χ0) is 98.9. The van der Waals surface area contributed by atoms with Crippen LogP contribution < -0.4 is 19.6 Å². The van der Waals surface area contributed by atoms with E-state index in [9.17, 15) is 32.1 Å². The molecule has 0 spiro atoms. The zero-order valence-corrected chi connectivity index (χ0v) is 84.6. The third kappa shape index (κ3) is 59.5. The molecule has 1 saturated heterocycles. The van der Waals surface area contributed by atoms with Gasteiger partial charge in [-0.15, -0.1) is 9.64 Å². The van der Waals surface area contributed by atoms with Crippen LogP contribution in [0.4, 0.5) is 17.1 Å². The van der Waals surface area contributed by atoms with Crippen LogP contribution in [0.1, 0.15) is 110 Å². The molecule has 3 aliphatic heterocycles. The average Bonchev–Trinajstić information content (AvgIpc) is 1.58. The van der Waals surface area contributed by atoms with Crippen molar-refractivity contribution in [2.45, 2.75) is 116 Å². The largest absolute Gasteiger partial charge is 0.744 e. The number of fused-ring (bicyclic) bond motifs is 2. The number of nitrogens with one attached hydrogen (secondary N) is 2. The second-order valence-electron chi connectivity index (χ2n) is 32.5. The van der Waals surface area contributed by atoms with Crippen molar-refractivity contribution in [3.05, 3.63) is 95.8 Å². The molecule has 1 fully saturated rings. The summed E-state index contributed by atoms with van der Waals surface area (Å²) in [5, 5.41) is 3.52. The van der Waals surface area contributed by atoms with Gasteiger partial charge in [-0.1, -0.05) is 50.6 Å². The number of amides is 3. The standard InChI is InChI=1S/C92H151N5O32S.C6H15N/c1-80-22-24-84-85(78-80)97(4,5)88(95(84)30-17-11-15-21-91(101)129-96-89(99)26-27-90(96)100)20-14-9-7-8-12-18-86-92(2,3)82-79-81(130(102,103)104)23-25-83(82)94(86)29-16-10-13-19-87(98)93-28-31-106-34-35-108-38-39-110-42-43-112-46-47-114-50-51-116-54-55-118-58-59-120-62-63-122-66-67-124-70-71-126-74-75-128-77-76-127-73-72-125-69-68-123-65-64-121-61-60-119-57-56-117-53-52-115-49-48-113-45-44-111-41-40-109-37-36-107-33-32-105-6;1-4-7(5-2)6-3/h7-9,12,14,18,20,22-25,78-79H,10-11,13,15-17,19,21,26-77H2,1-6H3;4-6H2,1-3H3/p+2. The van der Waals surface area contributed by atoms with E-state index in [-0.39, 0.29) is 30.1 Å². The molecule has 2 N–H and O–H groups in total. The number of hydroxylamine groups is 2. The number of ether oxygens (including phenoxy) is 24. The third-order valence-electron chi connectivity index (χ3n) is 21.4. The first kappa shape index (κ1) is 123. The number of carbonyl (C=O) groups excluding carboxylic acids is 4. The summed E-state index contributed by atoms with van der Waals surface area (Å²) in [5.41, 5.74) is 5.33. The van der Waals surface area contributed by atoms with Crippen LogP contribution in [0.25, 0.3) is 0 Å². The van der Waals surface area contributed by atoms with Crippen LogP contribution in [0.5, 0.6) is 0 Å². The number of quaternary nitrogens is 2. The highest BCUT2D eigenvalue weighted by molar-refractivity contribution is 7.85. The second kappa shape index (κ2) is 82.3. The predicted molar refractivity (Wildman–Crippen MR) is 515 cm³/mol. The summed E-state index contributed by atoms with van der Waals surface area (Å²) in [6.45, 7) is 40.4. The van der Waals surface area contributed by atoms with E-state index in [2.05, 4.69) is 80.9 Å². The lowest BCUT2D eigenvalue weighted by Crippen LogP contribution is -3.11. The Balaban J connectivity index is 0.00000537. The Kier molecular flexibility index (Phi) is 73.9. The molecule has 786 valence electrons. The molecule has 0 aliphatic carbocycles. The molecule has 0 atom stereocenters. The Morgan fingerprint density at radius 3 is 1.15 bits per heavy atom. The average molecular weight is 1970 g/mol. The maximum absolute atomic E-state index is 12.7. The molecule has 0 radical (unpaired) electrons. The van der Waals surface area contributed by atoms with Gasteiger partial charge in [0.2, 0.25) is 11.6 Å². The summed E-state index contributed by atoms with van der Waals surface area (Å²) >= 11 is 0. The van der Waals surface area contributed by atoms with Crippen molar-refractivity contribution in [1.29, 1.82) is 0 Å². The van der Waals surface area contributed by atoms with Gasteiger partial charge in [-0.25, -0.2) is 17.7 Å². The molecule has 2 aromatic carbocycles. The molecular weight excluding hydrogens is 1810 g/mol. The van der Waals surface area contributed by atoms with Gasteiger partial charge in [0.05, 0.1) is 355 Å². The summed E-state index contributed by atoms with van der Waals surface area (Å²) < 4.78 is 172. The maximum atomic E-state index is 12.7. The first-order valence-electron chi connectivity index (χ1n) is 49.0. The molecule has 3 amide bonds. The molecular formula is C98H168N6O32S+2. The van der Waals surface area contributed by atoms with Crippen LogP contribution in [0.3, 0.4) is 0 Å². The zero-order valence-electron chi connectivity index (χ0n) is 83.8. The van der Waals surface area contributed by atoms with E-state index in [4.69, 9.17) is 119 Å². The number of benzene rings is 2. The number of amidine groups is 1. The van der Waals surface area contributed by atoms with Gasteiger partial charge in [0.25, 0.3) is 17.5 Å². The lowest BCUT2D eigenvalue weighted by Gasteiger charge is -2.27. The number of unbranched alkanes of at least 4 members (excludes halogenated alkanes) is 4. The molecule has 39 heteroatoms. The fraction of sp³-hybridized carbons (Fsp3) is 0.745. The fourth-order valence-electron chi connectivity index (χ4n) is 13.8. The minimum Gasteiger partial charge on any atom is -0.744 e. The molecule has 137 heavy (non-hydrogen) atoms. The van der Waals surface area contributed by atoms with Gasteiger partial charge in [-0.3, -0.25) is 14.4 Å². The van der Waals surface area contributed by atoms with Crippen LogP contribution >= 0.6 is 0 Å². The van der Waals surface area contributed by atoms with E-state index in [1.807, 2.05) is 50.3 Å². The number of carbonyl (C=O) groups is 4. The Bertz CT molecular complexity index is 3670. The number of allylic oxidation sites excluding steroid dienone is 7. The van der Waals surface area contributed by atoms with Gasteiger partial charge in [0, 0.05) is 81.2 Å². The summed E-state index contributed by atoms with van der Waals surface area (Å²) in [4.78, 5) is 57.6. The SMILES string of the molecule is CC[NH+](CC)CC.COCCOCCOCCOCCOCCOCCOCCOCCOCCOCCOCCOCCOCCOCCOCCOCCOCCOCCOCCOCCOCCOCCOCCOCCNC(=O)CCCCCN1C(=CC=CC=CC=CC2=[N+](CCCCCC(=O)ON3C(=O)CCC3=O)c3ccc(C)cc3[N+]2(C)C)C(C)(C)c2cc(S(=O)(=O)[O-])ccc21. The van der Waals surface area contributed by atoms with Gasteiger partial charge in [0.15, 0.2) is 6.54 Å². The molecule has 3 aliphatic rings. The van der Waals surface area contributed by atoms with E-state index < -0.39 is 33.3 Å². The first-order chi connectivity index (χ1) is 66.8. The third-order valence-corrected chi connectivity index (χ3v) is 22.2. The van der Waals surface area contributed by atoms with Gasteiger partial charge in [0.1, 0.15) is 10.1 Å². The van der Waals surface area contributed by atoms with Crippen LogP contribution in [0.15, 0.2) is 89.5 Å². The van der Waals surface area contributed by atoms with E-state index in [1.54, 1.807) is 18.1 Å². The van der Waals surface area contributed by atoms with Crippen LogP contribution in [0.2, 0.25) is 0 Å². The number of hydrogen-bond donors (Lipinski definition) is 2. The van der Waals surface area contributed by atoms with Crippen molar-refractivity contribution < 1.29 is 160 Å². The number of hydrogen-bond acceptors (Lipinski definition) is 33. The highest BCUT2D eigenvalue weighted by atomic mass is 32.2. The van der Waals surface area contributed by atoms with Crippen molar-refractivity contribution in [1.82, 2.24) is 14.9 Å². The minimum absolute atomic E-state index is 0.0525. The predicted octanol–water partition coefficient (Wildman–Crippen LogP) is 6.68. The van der Waals surface area contributed by atoms with Gasteiger partial charge < -0.3 is 138 Å². The van der Waals surface area contributed by atoms with E-state index in [1.165, 1.54) is 37.5 Å². The Morgan fingerprint density at radius 2 is 0.788 bits per heavy atom. The smallest absolute Gasteiger partial charge is 0.374 e. The number of anilines is 1. The van der Waals surface area contributed by atoms with E-state index >= 15 is 0 Å². The minimum atomic E-state index is -4.69. The van der Waals surface area contributed by atoms with Crippen LogP contribution in [-0.4, -0.2) is 423 Å². The number of aryl methyl sites for hydroxylation is 1. The molecule has 0 bridgehead atoms.